The monoisotopic (exact) mass is 361 g/mol. The molecule has 0 amide bonds. The van der Waals surface area contributed by atoms with Gasteiger partial charge in [-0.1, -0.05) is 0 Å². The van der Waals surface area contributed by atoms with Crippen molar-refractivity contribution < 1.29 is 18.3 Å². The van der Waals surface area contributed by atoms with Gasteiger partial charge in [0, 0.05) is 37.1 Å². The van der Waals surface area contributed by atoms with E-state index in [0.29, 0.717) is 25.3 Å². The number of nitriles is 1. The van der Waals surface area contributed by atoms with Gasteiger partial charge in [0.05, 0.1) is 17.2 Å². The van der Waals surface area contributed by atoms with E-state index in [-0.39, 0.29) is 17.4 Å². The SMILES string of the molecule is C[C@H]1CN(c2ccc(C#N)c(C(F)(F)F)c2)CCN1c1ccc(O)cc1. The van der Waals surface area contributed by atoms with E-state index < -0.39 is 11.7 Å². The summed E-state index contributed by atoms with van der Waals surface area (Å²) in [6.45, 7) is 3.78. The summed E-state index contributed by atoms with van der Waals surface area (Å²) >= 11 is 0. The largest absolute Gasteiger partial charge is 0.508 e. The van der Waals surface area contributed by atoms with E-state index >= 15 is 0 Å². The second kappa shape index (κ2) is 6.79. The second-order valence-corrected chi connectivity index (χ2v) is 6.34. The second-order valence-electron chi connectivity index (χ2n) is 6.34. The number of aromatic hydroxyl groups is 1. The molecular weight excluding hydrogens is 343 g/mol. The fourth-order valence-corrected chi connectivity index (χ4v) is 3.28. The molecule has 0 aliphatic carbocycles. The average Bonchev–Trinajstić information content (AvgIpc) is 2.61. The van der Waals surface area contributed by atoms with Gasteiger partial charge in [0.1, 0.15) is 5.75 Å². The van der Waals surface area contributed by atoms with Gasteiger partial charge in [-0.15, -0.1) is 0 Å². The average molecular weight is 361 g/mol. The van der Waals surface area contributed by atoms with Gasteiger partial charge in [0.2, 0.25) is 0 Å². The number of hydrogen-bond donors (Lipinski definition) is 1. The lowest BCUT2D eigenvalue weighted by molar-refractivity contribution is -0.137. The van der Waals surface area contributed by atoms with Crippen molar-refractivity contribution in [1.29, 1.82) is 5.26 Å². The topological polar surface area (TPSA) is 50.5 Å². The Labute approximate surface area is 149 Å². The normalized spacial score (nSPS) is 17.9. The molecule has 1 saturated heterocycles. The van der Waals surface area contributed by atoms with Crippen molar-refractivity contribution in [2.24, 2.45) is 0 Å². The van der Waals surface area contributed by atoms with Crippen molar-refractivity contribution in [2.45, 2.75) is 19.1 Å². The van der Waals surface area contributed by atoms with Crippen LogP contribution in [0.15, 0.2) is 42.5 Å². The third-order valence-electron chi connectivity index (χ3n) is 4.60. The number of halogens is 3. The summed E-state index contributed by atoms with van der Waals surface area (Å²) in [5.41, 5.74) is 0.169. The summed E-state index contributed by atoms with van der Waals surface area (Å²) in [5, 5.41) is 18.3. The van der Waals surface area contributed by atoms with Gasteiger partial charge < -0.3 is 14.9 Å². The fourth-order valence-electron chi connectivity index (χ4n) is 3.28. The Morgan fingerprint density at radius 2 is 1.73 bits per heavy atom. The molecule has 1 heterocycles. The molecule has 1 aliphatic heterocycles. The van der Waals surface area contributed by atoms with Crippen molar-refractivity contribution in [3.8, 4) is 11.8 Å². The van der Waals surface area contributed by atoms with Crippen LogP contribution >= 0.6 is 0 Å². The lowest BCUT2D eigenvalue weighted by Crippen LogP contribution is -2.52. The van der Waals surface area contributed by atoms with Crippen molar-refractivity contribution in [1.82, 2.24) is 0 Å². The molecular formula is C19H18F3N3O. The van der Waals surface area contributed by atoms with Gasteiger partial charge in [-0.2, -0.15) is 18.4 Å². The van der Waals surface area contributed by atoms with Crippen molar-refractivity contribution in [3.63, 3.8) is 0 Å². The van der Waals surface area contributed by atoms with E-state index in [4.69, 9.17) is 5.26 Å². The van der Waals surface area contributed by atoms with Gasteiger partial charge in [-0.05, 0) is 49.4 Å². The van der Waals surface area contributed by atoms with Crippen LogP contribution in [0.1, 0.15) is 18.1 Å². The molecule has 3 rings (SSSR count). The van der Waals surface area contributed by atoms with Gasteiger partial charge in [0.25, 0.3) is 0 Å². The maximum atomic E-state index is 13.2. The van der Waals surface area contributed by atoms with Crippen LogP contribution in [0.25, 0.3) is 0 Å². The maximum absolute atomic E-state index is 13.2. The number of phenolic OH excluding ortho intramolecular Hbond substituents is 1. The van der Waals surface area contributed by atoms with Crippen LogP contribution in [0.4, 0.5) is 24.5 Å². The summed E-state index contributed by atoms with van der Waals surface area (Å²) < 4.78 is 39.5. The zero-order chi connectivity index (χ0) is 18.9. The number of phenols is 1. The molecule has 0 bridgehead atoms. The molecule has 136 valence electrons. The zero-order valence-electron chi connectivity index (χ0n) is 14.2. The number of piperazine rings is 1. The van der Waals surface area contributed by atoms with Crippen molar-refractivity contribution in [2.75, 3.05) is 29.4 Å². The predicted octanol–water partition coefficient (Wildman–Crippen LogP) is 4.00. The molecule has 2 aromatic carbocycles. The van der Waals surface area contributed by atoms with Crippen LogP contribution in [-0.4, -0.2) is 30.8 Å². The third kappa shape index (κ3) is 3.54. The lowest BCUT2D eigenvalue weighted by Gasteiger charge is -2.42. The molecule has 26 heavy (non-hydrogen) atoms. The molecule has 0 aromatic heterocycles. The minimum atomic E-state index is -4.56. The first-order valence-electron chi connectivity index (χ1n) is 8.21. The van der Waals surface area contributed by atoms with Crippen molar-refractivity contribution in [3.05, 3.63) is 53.6 Å². The smallest absolute Gasteiger partial charge is 0.417 e. The Hall–Kier alpha value is -2.88. The van der Waals surface area contributed by atoms with E-state index in [9.17, 15) is 18.3 Å². The van der Waals surface area contributed by atoms with Crippen molar-refractivity contribution >= 4 is 11.4 Å². The molecule has 0 spiro atoms. The summed E-state index contributed by atoms with van der Waals surface area (Å²) in [6.07, 6.45) is -4.56. The van der Waals surface area contributed by atoms with Crippen LogP contribution in [0, 0.1) is 11.3 Å². The van der Waals surface area contributed by atoms with Gasteiger partial charge >= 0.3 is 6.18 Å². The third-order valence-corrected chi connectivity index (χ3v) is 4.60. The Morgan fingerprint density at radius 3 is 2.31 bits per heavy atom. The molecule has 0 radical (unpaired) electrons. The lowest BCUT2D eigenvalue weighted by atomic mass is 10.0. The molecule has 1 atom stereocenters. The van der Waals surface area contributed by atoms with Crippen LogP contribution < -0.4 is 9.80 Å². The molecule has 1 aliphatic rings. The quantitative estimate of drug-likeness (QED) is 0.879. The number of anilines is 2. The Balaban J connectivity index is 1.81. The summed E-state index contributed by atoms with van der Waals surface area (Å²) in [6, 6.07) is 12.4. The summed E-state index contributed by atoms with van der Waals surface area (Å²) in [7, 11) is 0. The molecule has 2 aromatic rings. The van der Waals surface area contributed by atoms with Crippen LogP contribution in [0.5, 0.6) is 5.75 Å². The highest BCUT2D eigenvalue weighted by Gasteiger charge is 2.34. The number of nitrogens with zero attached hydrogens (tertiary/aromatic N) is 3. The number of hydrogen-bond acceptors (Lipinski definition) is 4. The highest BCUT2D eigenvalue weighted by atomic mass is 19.4. The summed E-state index contributed by atoms with van der Waals surface area (Å²) in [4.78, 5) is 4.06. The first-order chi connectivity index (χ1) is 12.3. The van der Waals surface area contributed by atoms with Gasteiger partial charge in [-0.25, -0.2) is 0 Å². The first-order valence-corrected chi connectivity index (χ1v) is 8.21. The maximum Gasteiger partial charge on any atom is 0.417 e. The standard InChI is InChI=1S/C19H18F3N3O/c1-13-12-24(8-9-25(13)15-4-6-17(26)7-5-15)16-3-2-14(11-23)18(10-16)19(20,21)22/h2-7,10,13,26H,8-9,12H2,1H3/t13-/m0/s1. The molecule has 4 nitrogen and oxygen atoms in total. The molecule has 1 N–H and O–H groups in total. The summed E-state index contributed by atoms with van der Waals surface area (Å²) in [5.74, 6) is 0.192. The predicted molar refractivity (Wildman–Crippen MR) is 93.3 cm³/mol. The Kier molecular flexibility index (Phi) is 4.68. The van der Waals surface area contributed by atoms with Gasteiger partial charge in [0.15, 0.2) is 0 Å². The van der Waals surface area contributed by atoms with Crippen LogP contribution in [0.3, 0.4) is 0 Å². The molecule has 7 heteroatoms. The van der Waals surface area contributed by atoms with Crippen LogP contribution in [0.2, 0.25) is 0 Å². The first kappa shape index (κ1) is 17.9. The fraction of sp³-hybridized carbons (Fsp3) is 0.316. The Morgan fingerprint density at radius 1 is 1.08 bits per heavy atom. The highest BCUT2D eigenvalue weighted by Crippen LogP contribution is 2.35. The van der Waals surface area contributed by atoms with E-state index in [2.05, 4.69) is 4.90 Å². The number of alkyl halides is 3. The number of rotatable bonds is 2. The Bertz CT molecular complexity index is 827. The highest BCUT2D eigenvalue weighted by molar-refractivity contribution is 5.57. The van der Waals surface area contributed by atoms with E-state index in [1.807, 2.05) is 24.0 Å². The minimum Gasteiger partial charge on any atom is -0.508 e. The van der Waals surface area contributed by atoms with E-state index in [1.54, 1.807) is 24.3 Å². The number of benzene rings is 2. The van der Waals surface area contributed by atoms with E-state index in [0.717, 1.165) is 11.8 Å². The zero-order valence-corrected chi connectivity index (χ0v) is 14.2. The molecule has 0 unspecified atom stereocenters. The molecule has 0 saturated carbocycles. The van der Waals surface area contributed by atoms with Crippen LogP contribution in [-0.2, 0) is 6.18 Å². The van der Waals surface area contributed by atoms with Gasteiger partial charge in [-0.3, -0.25) is 0 Å². The van der Waals surface area contributed by atoms with E-state index in [1.165, 1.54) is 6.07 Å². The molecule has 1 fully saturated rings. The minimum absolute atomic E-state index is 0.0817.